The number of imidazole rings is 1. The molecule has 0 spiro atoms. The lowest BCUT2D eigenvalue weighted by atomic mass is 10.2. The predicted octanol–water partition coefficient (Wildman–Crippen LogP) is 1.74. The van der Waals surface area contributed by atoms with E-state index in [0.29, 0.717) is 6.04 Å². The van der Waals surface area contributed by atoms with Crippen LogP contribution in [-0.2, 0) is 11.3 Å². The third-order valence-corrected chi connectivity index (χ3v) is 2.94. The minimum absolute atomic E-state index is 0.536. The zero-order valence-electron chi connectivity index (χ0n) is 9.44. The highest BCUT2D eigenvalue weighted by atomic mass is 16.5. The minimum Gasteiger partial charge on any atom is -0.383 e. The molecule has 0 bridgehead atoms. The van der Waals surface area contributed by atoms with E-state index in [1.807, 2.05) is 12.4 Å². The lowest BCUT2D eigenvalue weighted by Gasteiger charge is -2.15. The van der Waals surface area contributed by atoms with Crippen LogP contribution in [-0.4, -0.2) is 29.3 Å². The van der Waals surface area contributed by atoms with Gasteiger partial charge in [-0.1, -0.05) is 0 Å². The molecule has 0 radical (unpaired) electrons. The van der Waals surface area contributed by atoms with Crippen LogP contribution < -0.4 is 5.32 Å². The zero-order valence-corrected chi connectivity index (χ0v) is 9.44. The number of ether oxygens (including phenoxy) is 1. The average Bonchev–Trinajstić information content (AvgIpc) is 2.99. The zero-order chi connectivity index (χ0) is 10.7. The Morgan fingerprint density at radius 1 is 1.67 bits per heavy atom. The van der Waals surface area contributed by atoms with Crippen molar-refractivity contribution < 1.29 is 4.74 Å². The molecule has 1 aliphatic carbocycles. The molecule has 1 atom stereocenters. The largest absolute Gasteiger partial charge is 0.383 e. The van der Waals surface area contributed by atoms with E-state index in [0.717, 1.165) is 25.0 Å². The van der Waals surface area contributed by atoms with Crippen molar-refractivity contribution in [1.82, 2.24) is 9.55 Å². The van der Waals surface area contributed by atoms with Crippen LogP contribution >= 0.6 is 0 Å². The fourth-order valence-corrected chi connectivity index (χ4v) is 1.74. The number of nitrogens with one attached hydrogen (secondary N) is 1. The van der Waals surface area contributed by atoms with E-state index in [-0.39, 0.29) is 0 Å². The van der Waals surface area contributed by atoms with Gasteiger partial charge in [0, 0.05) is 32.1 Å². The summed E-state index contributed by atoms with van der Waals surface area (Å²) in [5, 5.41) is 3.46. The molecule has 0 saturated heterocycles. The Labute approximate surface area is 90.6 Å². The van der Waals surface area contributed by atoms with Gasteiger partial charge in [-0.15, -0.1) is 0 Å². The molecule has 2 rings (SSSR count). The maximum atomic E-state index is 5.06. The molecule has 1 saturated carbocycles. The first-order valence-electron chi connectivity index (χ1n) is 5.58. The van der Waals surface area contributed by atoms with Crippen LogP contribution in [0.25, 0.3) is 0 Å². The summed E-state index contributed by atoms with van der Waals surface area (Å²) >= 11 is 0. The normalized spacial score (nSPS) is 17.7. The molecular formula is C11H19N3O. The molecule has 0 aliphatic heterocycles. The maximum absolute atomic E-state index is 5.06. The quantitative estimate of drug-likeness (QED) is 0.775. The van der Waals surface area contributed by atoms with Crippen molar-refractivity contribution in [1.29, 1.82) is 0 Å². The molecule has 1 heterocycles. The van der Waals surface area contributed by atoms with Crippen LogP contribution in [0.15, 0.2) is 12.4 Å². The number of hydrogen-bond donors (Lipinski definition) is 1. The van der Waals surface area contributed by atoms with Gasteiger partial charge in [-0.2, -0.15) is 0 Å². The fraction of sp³-hybridized carbons (Fsp3) is 0.727. The summed E-state index contributed by atoms with van der Waals surface area (Å²) in [5.74, 6) is 1.81. The van der Waals surface area contributed by atoms with Crippen LogP contribution in [0, 0.1) is 5.92 Å². The van der Waals surface area contributed by atoms with E-state index in [2.05, 4.69) is 21.8 Å². The first-order chi connectivity index (χ1) is 7.31. The lowest BCUT2D eigenvalue weighted by Crippen LogP contribution is -2.20. The smallest absolute Gasteiger partial charge is 0.203 e. The number of hydrogen-bond acceptors (Lipinski definition) is 3. The van der Waals surface area contributed by atoms with E-state index in [1.165, 1.54) is 12.8 Å². The van der Waals surface area contributed by atoms with E-state index >= 15 is 0 Å². The molecule has 15 heavy (non-hydrogen) atoms. The van der Waals surface area contributed by atoms with Crippen molar-refractivity contribution in [2.24, 2.45) is 5.92 Å². The van der Waals surface area contributed by atoms with Gasteiger partial charge in [0.1, 0.15) is 0 Å². The van der Waals surface area contributed by atoms with Gasteiger partial charge in [-0.3, -0.25) is 0 Å². The van der Waals surface area contributed by atoms with Gasteiger partial charge in [0.15, 0.2) is 0 Å². The van der Waals surface area contributed by atoms with Gasteiger partial charge < -0.3 is 14.6 Å². The van der Waals surface area contributed by atoms with Crippen LogP contribution in [0.4, 0.5) is 5.95 Å². The highest BCUT2D eigenvalue weighted by molar-refractivity contribution is 5.28. The first kappa shape index (κ1) is 10.5. The Bertz CT molecular complexity index is 307. The Morgan fingerprint density at radius 2 is 2.47 bits per heavy atom. The third kappa shape index (κ3) is 2.72. The third-order valence-electron chi connectivity index (χ3n) is 2.94. The van der Waals surface area contributed by atoms with Crippen molar-refractivity contribution >= 4 is 5.95 Å². The summed E-state index contributed by atoms with van der Waals surface area (Å²) in [7, 11) is 1.72. The molecule has 1 N–H and O–H groups in total. The van der Waals surface area contributed by atoms with E-state index < -0.39 is 0 Å². The molecule has 1 aromatic rings. The number of methoxy groups -OCH3 is 1. The number of anilines is 1. The van der Waals surface area contributed by atoms with Gasteiger partial charge in [0.2, 0.25) is 5.95 Å². The number of rotatable bonds is 6. The summed E-state index contributed by atoms with van der Waals surface area (Å²) in [6.07, 6.45) is 6.53. The van der Waals surface area contributed by atoms with Gasteiger partial charge in [0.05, 0.1) is 6.61 Å². The minimum atomic E-state index is 0.536. The van der Waals surface area contributed by atoms with Crippen molar-refractivity contribution in [3.8, 4) is 0 Å². The topological polar surface area (TPSA) is 39.1 Å². The molecule has 84 valence electrons. The molecule has 0 aromatic carbocycles. The van der Waals surface area contributed by atoms with Crippen molar-refractivity contribution in [2.75, 3.05) is 19.0 Å². The Morgan fingerprint density at radius 3 is 3.13 bits per heavy atom. The Hall–Kier alpha value is -1.03. The van der Waals surface area contributed by atoms with E-state index in [9.17, 15) is 0 Å². The fourth-order valence-electron chi connectivity index (χ4n) is 1.74. The predicted molar refractivity (Wildman–Crippen MR) is 59.9 cm³/mol. The highest BCUT2D eigenvalue weighted by Crippen LogP contribution is 2.33. The summed E-state index contributed by atoms with van der Waals surface area (Å²) in [6, 6.07) is 0.536. The van der Waals surface area contributed by atoms with Gasteiger partial charge >= 0.3 is 0 Å². The van der Waals surface area contributed by atoms with Gasteiger partial charge in [-0.05, 0) is 25.7 Å². The van der Waals surface area contributed by atoms with Crippen LogP contribution in [0.2, 0.25) is 0 Å². The molecule has 1 aliphatic rings. The molecule has 4 heteroatoms. The van der Waals surface area contributed by atoms with Crippen molar-refractivity contribution in [2.45, 2.75) is 32.4 Å². The second-order valence-electron chi connectivity index (χ2n) is 4.21. The molecule has 1 unspecified atom stereocenters. The average molecular weight is 209 g/mol. The van der Waals surface area contributed by atoms with Crippen molar-refractivity contribution in [3.63, 3.8) is 0 Å². The Balaban J connectivity index is 1.91. The van der Waals surface area contributed by atoms with E-state index in [1.54, 1.807) is 7.11 Å². The first-order valence-corrected chi connectivity index (χ1v) is 5.58. The molecular weight excluding hydrogens is 190 g/mol. The summed E-state index contributed by atoms with van der Waals surface area (Å²) in [4.78, 5) is 4.32. The summed E-state index contributed by atoms with van der Waals surface area (Å²) in [5.41, 5.74) is 0. The van der Waals surface area contributed by atoms with Gasteiger partial charge in [-0.25, -0.2) is 4.98 Å². The van der Waals surface area contributed by atoms with Crippen molar-refractivity contribution in [3.05, 3.63) is 12.4 Å². The van der Waals surface area contributed by atoms with E-state index in [4.69, 9.17) is 4.74 Å². The van der Waals surface area contributed by atoms with Crippen LogP contribution in [0.1, 0.15) is 19.8 Å². The number of nitrogens with zero attached hydrogens (tertiary/aromatic N) is 2. The molecule has 1 aromatic heterocycles. The van der Waals surface area contributed by atoms with Crippen LogP contribution in [0.3, 0.4) is 0 Å². The molecule has 1 fully saturated rings. The molecule has 0 amide bonds. The molecule has 4 nitrogen and oxygen atoms in total. The second-order valence-corrected chi connectivity index (χ2v) is 4.21. The van der Waals surface area contributed by atoms with Gasteiger partial charge in [0.25, 0.3) is 0 Å². The lowest BCUT2D eigenvalue weighted by molar-refractivity contribution is 0.187. The number of aromatic nitrogens is 2. The maximum Gasteiger partial charge on any atom is 0.203 e. The second kappa shape index (κ2) is 4.66. The highest BCUT2D eigenvalue weighted by Gasteiger charge is 2.28. The monoisotopic (exact) mass is 209 g/mol. The summed E-state index contributed by atoms with van der Waals surface area (Å²) in [6.45, 7) is 3.81. The Kier molecular flexibility index (Phi) is 3.26. The standard InChI is InChI=1S/C11H19N3O/c1-9(10-3-4-10)13-11-12-5-6-14(11)7-8-15-2/h5-6,9-10H,3-4,7-8H2,1-2H3,(H,12,13). The summed E-state index contributed by atoms with van der Waals surface area (Å²) < 4.78 is 7.16. The SMILES string of the molecule is COCCn1ccnc1NC(C)C1CC1. The van der Waals surface area contributed by atoms with Crippen LogP contribution in [0.5, 0.6) is 0 Å².